The summed E-state index contributed by atoms with van der Waals surface area (Å²) >= 11 is 0. The van der Waals surface area contributed by atoms with E-state index in [0.29, 0.717) is 18.3 Å². The third-order valence-corrected chi connectivity index (χ3v) is 5.12. The molecule has 1 amide bonds. The summed E-state index contributed by atoms with van der Waals surface area (Å²) in [4.78, 5) is 12.6. The molecule has 1 aromatic carbocycles. The molecule has 2 atom stereocenters. The first-order valence-corrected chi connectivity index (χ1v) is 9.28. The number of hydrogen-bond donors (Lipinski definition) is 1. The lowest BCUT2D eigenvalue weighted by molar-refractivity contribution is -0.124. The molecule has 24 heavy (non-hydrogen) atoms. The van der Waals surface area contributed by atoms with Gasteiger partial charge in [-0.25, -0.2) is 0 Å². The zero-order chi connectivity index (χ0) is 17.7. The highest BCUT2D eigenvalue weighted by molar-refractivity contribution is 5.77. The lowest BCUT2D eigenvalue weighted by Crippen LogP contribution is -2.44. The van der Waals surface area contributed by atoms with Crippen LogP contribution in [0.2, 0.25) is 0 Å². The first-order valence-electron chi connectivity index (χ1n) is 9.28. The summed E-state index contributed by atoms with van der Waals surface area (Å²) in [5.41, 5.74) is 2.43. The molecule has 134 valence electrons. The smallest absolute Gasteiger partial charge is 0.220 e. The van der Waals surface area contributed by atoms with Crippen molar-refractivity contribution in [3.05, 3.63) is 35.4 Å². The topological polar surface area (TPSA) is 38.3 Å². The molecule has 2 rings (SSSR count). The summed E-state index contributed by atoms with van der Waals surface area (Å²) in [7, 11) is 0. The molecular weight excluding hydrogens is 298 g/mol. The van der Waals surface area contributed by atoms with Gasteiger partial charge in [0.15, 0.2) is 0 Å². The first kappa shape index (κ1) is 19.0. The molecule has 0 radical (unpaired) electrons. The molecule has 1 aliphatic rings. The van der Waals surface area contributed by atoms with E-state index in [1.165, 1.54) is 11.1 Å². The van der Waals surface area contributed by atoms with E-state index in [4.69, 9.17) is 4.74 Å². The van der Waals surface area contributed by atoms with E-state index in [2.05, 4.69) is 64.2 Å². The van der Waals surface area contributed by atoms with Crippen molar-refractivity contribution in [2.45, 2.75) is 65.4 Å². The van der Waals surface area contributed by atoms with Crippen LogP contribution in [0.25, 0.3) is 0 Å². The summed E-state index contributed by atoms with van der Waals surface area (Å²) in [6.07, 6.45) is 2.60. The largest absolute Gasteiger partial charge is 0.378 e. The fraction of sp³-hybridized carbons (Fsp3) is 0.667. The van der Waals surface area contributed by atoms with Gasteiger partial charge in [0.25, 0.3) is 0 Å². The van der Waals surface area contributed by atoms with Crippen molar-refractivity contribution >= 4 is 5.91 Å². The Labute approximate surface area is 147 Å². The van der Waals surface area contributed by atoms with Crippen molar-refractivity contribution in [1.82, 2.24) is 5.32 Å². The van der Waals surface area contributed by atoms with Crippen LogP contribution >= 0.6 is 0 Å². The van der Waals surface area contributed by atoms with E-state index in [1.807, 2.05) is 0 Å². The number of carbonyl (C=O) groups is 1. The Morgan fingerprint density at radius 3 is 2.50 bits per heavy atom. The number of aryl methyl sites for hydroxylation is 1. The maximum atomic E-state index is 12.6. The van der Waals surface area contributed by atoms with Crippen LogP contribution < -0.4 is 5.32 Å². The summed E-state index contributed by atoms with van der Waals surface area (Å²) < 4.78 is 5.99. The van der Waals surface area contributed by atoms with Gasteiger partial charge in [-0.2, -0.15) is 0 Å². The van der Waals surface area contributed by atoms with E-state index in [9.17, 15) is 4.79 Å². The van der Waals surface area contributed by atoms with Gasteiger partial charge in [0, 0.05) is 25.0 Å². The highest BCUT2D eigenvalue weighted by Crippen LogP contribution is 2.42. The maximum Gasteiger partial charge on any atom is 0.220 e. The molecule has 0 aromatic heterocycles. The minimum atomic E-state index is -0.109. The molecule has 1 aliphatic heterocycles. The molecule has 1 fully saturated rings. The first-order chi connectivity index (χ1) is 11.3. The van der Waals surface area contributed by atoms with Gasteiger partial charge in [0.1, 0.15) is 0 Å². The normalized spacial score (nSPS) is 24.4. The number of nitrogens with one attached hydrogen (secondary N) is 1. The number of amides is 1. The predicted molar refractivity (Wildman–Crippen MR) is 99.1 cm³/mol. The number of carbonyl (C=O) groups excluding carboxylic acids is 1. The molecule has 1 N–H and O–H groups in total. The molecule has 0 spiro atoms. The van der Waals surface area contributed by atoms with Gasteiger partial charge < -0.3 is 10.1 Å². The monoisotopic (exact) mass is 331 g/mol. The van der Waals surface area contributed by atoms with Crippen LogP contribution in [0, 0.1) is 18.8 Å². The molecule has 0 saturated carbocycles. The van der Waals surface area contributed by atoms with Crippen molar-refractivity contribution in [3.63, 3.8) is 0 Å². The second kappa shape index (κ2) is 8.15. The molecule has 1 saturated heterocycles. The number of ether oxygens (including phenoxy) is 1. The van der Waals surface area contributed by atoms with Crippen molar-refractivity contribution in [1.29, 1.82) is 0 Å². The van der Waals surface area contributed by atoms with E-state index >= 15 is 0 Å². The second-order valence-electron chi connectivity index (χ2n) is 8.13. The molecule has 1 aromatic rings. The van der Waals surface area contributed by atoms with E-state index in [0.717, 1.165) is 26.0 Å². The molecule has 3 heteroatoms. The van der Waals surface area contributed by atoms with Crippen molar-refractivity contribution in [2.75, 3.05) is 13.2 Å². The Morgan fingerprint density at radius 1 is 1.25 bits per heavy atom. The summed E-state index contributed by atoms with van der Waals surface area (Å²) in [6.45, 7) is 12.2. The fourth-order valence-corrected chi connectivity index (χ4v) is 3.50. The van der Waals surface area contributed by atoms with Crippen LogP contribution in [0.5, 0.6) is 0 Å². The lowest BCUT2D eigenvalue weighted by Gasteiger charge is -2.42. The van der Waals surface area contributed by atoms with Gasteiger partial charge in [-0.05, 0) is 37.2 Å². The maximum absolute atomic E-state index is 12.6. The number of rotatable bonds is 6. The third kappa shape index (κ3) is 4.83. The zero-order valence-electron chi connectivity index (χ0n) is 15.9. The van der Waals surface area contributed by atoms with Crippen LogP contribution in [0.15, 0.2) is 24.3 Å². The van der Waals surface area contributed by atoms with Crippen molar-refractivity contribution in [2.24, 2.45) is 11.8 Å². The summed E-state index contributed by atoms with van der Waals surface area (Å²) in [5.74, 6) is 1.10. The highest BCUT2D eigenvalue weighted by Gasteiger charge is 2.41. The summed E-state index contributed by atoms with van der Waals surface area (Å²) in [5, 5.41) is 3.10. The number of hydrogen-bond acceptors (Lipinski definition) is 2. The zero-order valence-corrected chi connectivity index (χ0v) is 15.9. The van der Waals surface area contributed by atoms with Crippen LogP contribution in [0.3, 0.4) is 0 Å². The SMILES string of the molecule is Cc1ccc([C@]2(CC(=O)NCC(C)C)CCO[C@@H](C(C)C)C2)cc1. The van der Waals surface area contributed by atoms with Crippen molar-refractivity contribution < 1.29 is 9.53 Å². The molecule has 1 heterocycles. The molecule has 0 unspecified atom stereocenters. The lowest BCUT2D eigenvalue weighted by atomic mass is 9.68. The van der Waals surface area contributed by atoms with Crippen molar-refractivity contribution in [3.8, 4) is 0 Å². The molecule has 3 nitrogen and oxygen atoms in total. The Bertz CT molecular complexity index is 535. The van der Waals surface area contributed by atoms with E-state index in [-0.39, 0.29) is 17.4 Å². The van der Waals surface area contributed by atoms with E-state index < -0.39 is 0 Å². The van der Waals surface area contributed by atoms with E-state index in [1.54, 1.807) is 0 Å². The second-order valence-corrected chi connectivity index (χ2v) is 8.13. The van der Waals surface area contributed by atoms with Gasteiger partial charge in [-0.1, -0.05) is 57.5 Å². The van der Waals surface area contributed by atoms with Gasteiger partial charge in [-0.3, -0.25) is 4.79 Å². The number of benzene rings is 1. The standard InChI is InChI=1S/C21H33NO2/c1-15(2)14-22-20(23)13-21(18-8-6-17(5)7-9-18)10-11-24-19(12-21)16(3)4/h6-9,15-16,19H,10-14H2,1-5H3,(H,22,23)/t19-,21-/m1/s1. The minimum Gasteiger partial charge on any atom is -0.378 e. The minimum absolute atomic E-state index is 0.109. The quantitative estimate of drug-likeness (QED) is 0.847. The molecular formula is C21H33NO2. The fourth-order valence-electron chi connectivity index (χ4n) is 3.50. The third-order valence-electron chi connectivity index (χ3n) is 5.12. The molecule has 0 bridgehead atoms. The van der Waals surface area contributed by atoms with Gasteiger partial charge >= 0.3 is 0 Å². The average Bonchev–Trinajstić information content (AvgIpc) is 2.53. The van der Waals surface area contributed by atoms with Gasteiger partial charge in [-0.15, -0.1) is 0 Å². The van der Waals surface area contributed by atoms with Crippen LogP contribution in [0.1, 0.15) is 58.1 Å². The van der Waals surface area contributed by atoms with Gasteiger partial charge in [0.2, 0.25) is 5.91 Å². The Morgan fingerprint density at radius 2 is 1.92 bits per heavy atom. The Hall–Kier alpha value is -1.35. The van der Waals surface area contributed by atoms with Crippen LogP contribution in [-0.2, 0) is 14.9 Å². The predicted octanol–water partition coefficient (Wildman–Crippen LogP) is 4.23. The molecule has 0 aliphatic carbocycles. The highest BCUT2D eigenvalue weighted by atomic mass is 16.5. The Kier molecular flexibility index (Phi) is 6.45. The average molecular weight is 332 g/mol. The van der Waals surface area contributed by atoms with Crippen LogP contribution in [-0.4, -0.2) is 25.2 Å². The van der Waals surface area contributed by atoms with Gasteiger partial charge in [0.05, 0.1) is 6.10 Å². The van der Waals surface area contributed by atoms with Crippen LogP contribution in [0.4, 0.5) is 0 Å². The summed E-state index contributed by atoms with van der Waals surface area (Å²) in [6, 6.07) is 8.72. The Balaban J connectivity index is 2.24.